The van der Waals surface area contributed by atoms with Crippen LogP contribution in [0.3, 0.4) is 0 Å². The first-order valence-corrected chi connectivity index (χ1v) is 5.88. The van der Waals surface area contributed by atoms with E-state index >= 15 is 0 Å². The van der Waals surface area contributed by atoms with Gasteiger partial charge in [-0.15, -0.1) is 0 Å². The van der Waals surface area contributed by atoms with Crippen molar-refractivity contribution in [2.24, 2.45) is 5.92 Å². The average Bonchev–Trinajstić information content (AvgIpc) is 2.05. The molecule has 0 heterocycles. The van der Waals surface area contributed by atoms with Crippen LogP contribution in [0.4, 0.5) is 0 Å². The second-order valence-corrected chi connectivity index (χ2v) is 4.31. The normalized spacial score (nSPS) is 10.7. The molecule has 0 N–H and O–H groups in total. The second-order valence-electron chi connectivity index (χ2n) is 3.55. The van der Waals surface area contributed by atoms with Gasteiger partial charge in [0.15, 0.2) is 0 Å². The van der Waals surface area contributed by atoms with Gasteiger partial charge >= 0.3 is 0 Å². The van der Waals surface area contributed by atoms with E-state index in [0.717, 1.165) is 10.3 Å². The predicted octanol–water partition coefficient (Wildman–Crippen LogP) is 3.82. The van der Waals surface area contributed by atoms with E-state index in [0.29, 0.717) is 0 Å². The molecule has 0 aliphatic rings. The van der Waals surface area contributed by atoms with E-state index < -0.39 is 0 Å². The van der Waals surface area contributed by atoms with Gasteiger partial charge in [0.05, 0.1) is 0 Å². The minimum atomic E-state index is 0.760. The summed E-state index contributed by atoms with van der Waals surface area (Å²) in [6.07, 6.45) is 1.20. The lowest BCUT2D eigenvalue weighted by atomic mass is 10.0. The largest absolute Gasteiger partial charge is 0.0812 e. The maximum absolute atomic E-state index is 2.39. The zero-order chi connectivity index (χ0) is 8.97. The van der Waals surface area contributed by atoms with E-state index in [1.165, 1.54) is 17.5 Å². The standard InChI is InChI=1S/C11H15I/c1-9(2)7-10-3-5-11(8-12)6-4-10/h3-6,9H,7-8H2,1-2H3. The van der Waals surface area contributed by atoms with Gasteiger partial charge in [0, 0.05) is 4.43 Å². The SMILES string of the molecule is CC(C)Cc1ccc(CI)cc1. The smallest absolute Gasteiger partial charge is 0.0247 e. The van der Waals surface area contributed by atoms with E-state index in [4.69, 9.17) is 0 Å². The van der Waals surface area contributed by atoms with Crippen LogP contribution in [-0.4, -0.2) is 0 Å². The first-order valence-electron chi connectivity index (χ1n) is 4.36. The fraction of sp³-hybridized carbons (Fsp3) is 0.455. The number of rotatable bonds is 3. The molecule has 0 radical (unpaired) electrons. The Morgan fingerprint density at radius 3 is 2.00 bits per heavy atom. The van der Waals surface area contributed by atoms with Crippen LogP contribution < -0.4 is 0 Å². The molecule has 1 rings (SSSR count). The number of alkyl halides is 1. The lowest BCUT2D eigenvalue weighted by Crippen LogP contribution is -1.93. The Labute approximate surface area is 88.5 Å². The third kappa shape index (κ3) is 3.13. The second kappa shape index (κ2) is 4.85. The molecule has 0 bridgehead atoms. The number of benzene rings is 1. The highest BCUT2D eigenvalue weighted by molar-refractivity contribution is 14.1. The third-order valence-electron chi connectivity index (χ3n) is 1.82. The summed E-state index contributed by atoms with van der Waals surface area (Å²) in [5, 5.41) is 0. The minimum Gasteiger partial charge on any atom is -0.0812 e. The lowest BCUT2D eigenvalue weighted by Gasteiger charge is -2.04. The maximum atomic E-state index is 2.39. The van der Waals surface area contributed by atoms with E-state index in [-0.39, 0.29) is 0 Å². The van der Waals surface area contributed by atoms with Gasteiger partial charge in [-0.2, -0.15) is 0 Å². The molecule has 1 aromatic rings. The van der Waals surface area contributed by atoms with E-state index in [9.17, 15) is 0 Å². The van der Waals surface area contributed by atoms with E-state index in [2.05, 4.69) is 60.7 Å². The Kier molecular flexibility index (Phi) is 4.06. The molecule has 0 amide bonds. The third-order valence-corrected chi connectivity index (χ3v) is 2.70. The Hall–Kier alpha value is -0.0500. The van der Waals surface area contributed by atoms with Gasteiger partial charge in [0.25, 0.3) is 0 Å². The zero-order valence-electron chi connectivity index (χ0n) is 7.68. The summed E-state index contributed by atoms with van der Waals surface area (Å²) in [6, 6.07) is 8.94. The average molecular weight is 274 g/mol. The molecule has 66 valence electrons. The fourth-order valence-corrected chi connectivity index (χ4v) is 1.74. The summed E-state index contributed by atoms with van der Waals surface area (Å²) in [4.78, 5) is 0. The van der Waals surface area contributed by atoms with Crippen LogP contribution in [0, 0.1) is 5.92 Å². The molecular weight excluding hydrogens is 259 g/mol. The highest BCUT2D eigenvalue weighted by Crippen LogP contribution is 2.11. The first kappa shape index (κ1) is 10.0. The molecule has 0 unspecified atom stereocenters. The lowest BCUT2D eigenvalue weighted by molar-refractivity contribution is 0.647. The Balaban J connectivity index is 2.65. The van der Waals surface area contributed by atoms with Crippen molar-refractivity contribution in [3.63, 3.8) is 0 Å². The topological polar surface area (TPSA) is 0 Å². The van der Waals surface area contributed by atoms with Crippen molar-refractivity contribution in [1.29, 1.82) is 0 Å². The highest BCUT2D eigenvalue weighted by Gasteiger charge is 1.96. The van der Waals surface area contributed by atoms with E-state index in [1.54, 1.807) is 0 Å². The van der Waals surface area contributed by atoms with Gasteiger partial charge in [-0.1, -0.05) is 60.7 Å². The number of halogens is 1. The Bertz CT molecular complexity index is 223. The Morgan fingerprint density at radius 2 is 1.58 bits per heavy atom. The van der Waals surface area contributed by atoms with Crippen molar-refractivity contribution in [2.45, 2.75) is 24.7 Å². The van der Waals surface area contributed by atoms with Crippen molar-refractivity contribution in [2.75, 3.05) is 0 Å². The molecule has 0 fully saturated rings. The summed E-state index contributed by atoms with van der Waals surface area (Å²) in [6.45, 7) is 4.51. The summed E-state index contributed by atoms with van der Waals surface area (Å²) in [7, 11) is 0. The quantitative estimate of drug-likeness (QED) is 0.580. The van der Waals surface area contributed by atoms with Crippen LogP contribution in [0.2, 0.25) is 0 Å². The summed E-state index contributed by atoms with van der Waals surface area (Å²) in [5.74, 6) is 0.760. The molecule has 0 aliphatic carbocycles. The van der Waals surface area contributed by atoms with Gasteiger partial charge < -0.3 is 0 Å². The van der Waals surface area contributed by atoms with Crippen LogP contribution in [0.15, 0.2) is 24.3 Å². The van der Waals surface area contributed by atoms with Crippen LogP contribution in [0.1, 0.15) is 25.0 Å². The van der Waals surface area contributed by atoms with Gasteiger partial charge in [0.2, 0.25) is 0 Å². The fourth-order valence-electron chi connectivity index (χ4n) is 1.24. The molecule has 0 aromatic heterocycles. The molecule has 1 heteroatoms. The van der Waals surface area contributed by atoms with Crippen molar-refractivity contribution >= 4 is 22.6 Å². The van der Waals surface area contributed by atoms with Gasteiger partial charge in [0.1, 0.15) is 0 Å². The van der Waals surface area contributed by atoms with Gasteiger partial charge in [-0.25, -0.2) is 0 Å². The molecule has 0 nitrogen and oxygen atoms in total. The number of hydrogen-bond donors (Lipinski definition) is 0. The van der Waals surface area contributed by atoms with Gasteiger partial charge in [-0.3, -0.25) is 0 Å². The van der Waals surface area contributed by atoms with Crippen LogP contribution in [-0.2, 0) is 10.8 Å². The van der Waals surface area contributed by atoms with E-state index in [1.807, 2.05) is 0 Å². The molecule has 0 spiro atoms. The molecule has 0 saturated carbocycles. The maximum Gasteiger partial charge on any atom is 0.0247 e. The zero-order valence-corrected chi connectivity index (χ0v) is 9.84. The van der Waals surface area contributed by atoms with Crippen molar-refractivity contribution in [1.82, 2.24) is 0 Å². The summed E-state index contributed by atoms with van der Waals surface area (Å²) in [5.41, 5.74) is 2.88. The molecule has 12 heavy (non-hydrogen) atoms. The van der Waals surface area contributed by atoms with Crippen molar-refractivity contribution in [3.8, 4) is 0 Å². The molecule has 0 atom stereocenters. The van der Waals surface area contributed by atoms with Crippen LogP contribution in [0.25, 0.3) is 0 Å². The van der Waals surface area contributed by atoms with Crippen molar-refractivity contribution < 1.29 is 0 Å². The van der Waals surface area contributed by atoms with Crippen LogP contribution >= 0.6 is 22.6 Å². The number of hydrogen-bond acceptors (Lipinski definition) is 0. The molecule has 1 aromatic carbocycles. The Morgan fingerprint density at radius 1 is 1.08 bits per heavy atom. The van der Waals surface area contributed by atoms with Gasteiger partial charge in [-0.05, 0) is 23.5 Å². The first-order chi connectivity index (χ1) is 5.72. The highest BCUT2D eigenvalue weighted by atomic mass is 127. The van der Waals surface area contributed by atoms with Crippen LogP contribution in [0.5, 0.6) is 0 Å². The molecule has 0 aliphatic heterocycles. The summed E-state index contributed by atoms with van der Waals surface area (Å²) >= 11 is 2.39. The minimum absolute atomic E-state index is 0.760. The molecular formula is C11H15I. The monoisotopic (exact) mass is 274 g/mol. The molecule has 0 saturated heterocycles. The summed E-state index contributed by atoms with van der Waals surface area (Å²) < 4.78 is 1.11. The van der Waals surface area contributed by atoms with Crippen molar-refractivity contribution in [3.05, 3.63) is 35.4 Å². The predicted molar refractivity (Wildman–Crippen MR) is 62.7 cm³/mol.